The molecular weight excluding hydrogens is 326 g/mol. The number of rotatable bonds is 7. The minimum Gasteiger partial charge on any atom is -0.502 e. The molecule has 7 heteroatoms. The predicted molar refractivity (Wildman–Crippen MR) is 89.0 cm³/mol. The SMILES string of the molecule is C[C@H](CCNC(=O)c1cc(=O)c(O)co1)C(=O)OCc1ccccc1. The van der Waals surface area contributed by atoms with E-state index < -0.39 is 23.0 Å². The van der Waals surface area contributed by atoms with Crippen LogP contribution in [0.15, 0.2) is 51.9 Å². The number of hydrogen-bond acceptors (Lipinski definition) is 6. The first-order valence-electron chi connectivity index (χ1n) is 7.78. The van der Waals surface area contributed by atoms with Crippen LogP contribution in [0.2, 0.25) is 0 Å². The number of ether oxygens (including phenoxy) is 1. The number of carbonyl (C=O) groups excluding carboxylic acids is 2. The van der Waals surface area contributed by atoms with Gasteiger partial charge in [0.25, 0.3) is 5.91 Å². The van der Waals surface area contributed by atoms with E-state index in [0.29, 0.717) is 6.42 Å². The van der Waals surface area contributed by atoms with Crippen molar-refractivity contribution in [3.63, 3.8) is 0 Å². The van der Waals surface area contributed by atoms with E-state index >= 15 is 0 Å². The van der Waals surface area contributed by atoms with Gasteiger partial charge in [0.1, 0.15) is 12.9 Å². The lowest BCUT2D eigenvalue weighted by atomic mass is 10.1. The van der Waals surface area contributed by atoms with E-state index in [9.17, 15) is 14.4 Å². The van der Waals surface area contributed by atoms with E-state index in [4.69, 9.17) is 14.3 Å². The molecule has 1 heterocycles. The van der Waals surface area contributed by atoms with Crippen LogP contribution in [-0.2, 0) is 16.1 Å². The zero-order chi connectivity index (χ0) is 18.2. The van der Waals surface area contributed by atoms with Gasteiger partial charge in [-0.1, -0.05) is 37.3 Å². The molecule has 1 atom stereocenters. The van der Waals surface area contributed by atoms with Crippen LogP contribution in [0.5, 0.6) is 5.75 Å². The van der Waals surface area contributed by atoms with Crippen LogP contribution in [0.4, 0.5) is 0 Å². The van der Waals surface area contributed by atoms with E-state index in [1.807, 2.05) is 30.3 Å². The molecule has 1 aromatic carbocycles. The quantitative estimate of drug-likeness (QED) is 0.742. The summed E-state index contributed by atoms with van der Waals surface area (Å²) in [4.78, 5) is 35.0. The molecule has 7 nitrogen and oxygen atoms in total. The van der Waals surface area contributed by atoms with E-state index in [1.54, 1.807) is 6.92 Å². The number of amides is 1. The topological polar surface area (TPSA) is 106 Å². The largest absolute Gasteiger partial charge is 0.502 e. The lowest BCUT2D eigenvalue weighted by Gasteiger charge is -2.12. The summed E-state index contributed by atoms with van der Waals surface area (Å²) in [5, 5.41) is 11.6. The third kappa shape index (κ3) is 5.49. The second-order valence-electron chi connectivity index (χ2n) is 5.53. The fourth-order valence-electron chi connectivity index (χ4n) is 2.00. The van der Waals surface area contributed by atoms with Gasteiger partial charge in [0.15, 0.2) is 11.5 Å². The van der Waals surface area contributed by atoms with Gasteiger partial charge < -0.3 is 19.6 Å². The normalized spacial score (nSPS) is 11.6. The Labute approximate surface area is 144 Å². The van der Waals surface area contributed by atoms with Crippen LogP contribution in [0.25, 0.3) is 0 Å². The maximum atomic E-state index is 11.9. The molecule has 2 rings (SSSR count). The molecule has 25 heavy (non-hydrogen) atoms. The van der Waals surface area contributed by atoms with Crippen LogP contribution < -0.4 is 10.7 Å². The van der Waals surface area contributed by atoms with E-state index in [1.165, 1.54) is 0 Å². The molecule has 0 aliphatic rings. The highest BCUT2D eigenvalue weighted by Gasteiger charge is 2.16. The standard InChI is InChI=1S/C18H19NO6/c1-12(18(23)25-10-13-5-3-2-4-6-13)7-8-19-17(22)16-9-14(20)15(21)11-24-16/h2-6,9,11-12,21H,7-8,10H2,1H3,(H,19,22)/t12-/m1/s1. The predicted octanol–water partition coefficient (Wildman–Crippen LogP) is 1.84. The van der Waals surface area contributed by atoms with Gasteiger partial charge in [-0.15, -0.1) is 0 Å². The Morgan fingerprint density at radius 3 is 2.68 bits per heavy atom. The minimum atomic E-state index is -0.700. The summed E-state index contributed by atoms with van der Waals surface area (Å²) >= 11 is 0. The second-order valence-corrected chi connectivity index (χ2v) is 5.53. The lowest BCUT2D eigenvalue weighted by molar-refractivity contribution is -0.149. The highest BCUT2D eigenvalue weighted by Crippen LogP contribution is 2.08. The summed E-state index contributed by atoms with van der Waals surface area (Å²) in [5.41, 5.74) is 0.202. The molecular formula is C18H19NO6. The van der Waals surface area contributed by atoms with Gasteiger partial charge in [-0.05, 0) is 12.0 Å². The second kappa shape index (κ2) is 8.68. The lowest BCUT2D eigenvalue weighted by Crippen LogP contribution is -2.28. The van der Waals surface area contributed by atoms with Crippen molar-refractivity contribution in [3.05, 3.63) is 64.2 Å². The molecule has 0 aliphatic heterocycles. The van der Waals surface area contributed by atoms with Crippen molar-refractivity contribution in [1.82, 2.24) is 5.32 Å². The highest BCUT2D eigenvalue weighted by molar-refractivity contribution is 5.91. The van der Waals surface area contributed by atoms with Gasteiger partial charge in [-0.3, -0.25) is 14.4 Å². The summed E-state index contributed by atoms with van der Waals surface area (Å²) in [5.74, 6) is -2.11. The minimum absolute atomic E-state index is 0.203. The zero-order valence-corrected chi connectivity index (χ0v) is 13.7. The average molecular weight is 345 g/mol. The molecule has 0 spiro atoms. The van der Waals surface area contributed by atoms with Crippen molar-refractivity contribution < 1.29 is 23.8 Å². The van der Waals surface area contributed by atoms with Crippen molar-refractivity contribution in [2.45, 2.75) is 20.0 Å². The molecule has 1 aromatic heterocycles. The molecule has 2 N–H and O–H groups in total. The van der Waals surface area contributed by atoms with E-state index in [0.717, 1.165) is 17.9 Å². The third-order valence-corrected chi connectivity index (χ3v) is 3.53. The molecule has 0 fully saturated rings. The van der Waals surface area contributed by atoms with Gasteiger partial charge in [-0.2, -0.15) is 0 Å². The van der Waals surface area contributed by atoms with Crippen molar-refractivity contribution in [1.29, 1.82) is 0 Å². The maximum absolute atomic E-state index is 11.9. The Hall–Kier alpha value is -3.09. The van der Waals surface area contributed by atoms with Gasteiger partial charge >= 0.3 is 5.97 Å². The average Bonchev–Trinajstić information content (AvgIpc) is 2.62. The zero-order valence-electron chi connectivity index (χ0n) is 13.7. The number of nitrogens with one attached hydrogen (secondary N) is 1. The molecule has 0 radical (unpaired) electrons. The van der Waals surface area contributed by atoms with Crippen molar-refractivity contribution >= 4 is 11.9 Å². The van der Waals surface area contributed by atoms with Crippen LogP contribution in [-0.4, -0.2) is 23.5 Å². The van der Waals surface area contributed by atoms with Gasteiger partial charge in [-0.25, -0.2) is 0 Å². The first-order valence-corrected chi connectivity index (χ1v) is 7.78. The molecule has 0 saturated heterocycles. The van der Waals surface area contributed by atoms with Crippen molar-refractivity contribution in [3.8, 4) is 5.75 Å². The molecule has 0 bridgehead atoms. The molecule has 2 aromatic rings. The first kappa shape index (κ1) is 18.3. The van der Waals surface area contributed by atoms with Crippen molar-refractivity contribution in [2.24, 2.45) is 5.92 Å². The Balaban J connectivity index is 1.74. The summed E-state index contributed by atoms with van der Waals surface area (Å²) < 4.78 is 10.1. The van der Waals surface area contributed by atoms with E-state index in [-0.39, 0.29) is 24.9 Å². The number of aromatic hydroxyl groups is 1. The Kier molecular flexibility index (Phi) is 6.33. The summed E-state index contributed by atoms with van der Waals surface area (Å²) in [6.07, 6.45) is 1.18. The van der Waals surface area contributed by atoms with Gasteiger partial charge in [0, 0.05) is 12.6 Å². The number of esters is 1. The van der Waals surface area contributed by atoms with Gasteiger partial charge in [0.2, 0.25) is 5.43 Å². The van der Waals surface area contributed by atoms with Crippen LogP contribution in [0.1, 0.15) is 29.5 Å². The first-order chi connectivity index (χ1) is 12.0. The summed E-state index contributed by atoms with van der Waals surface area (Å²) in [6.45, 7) is 2.13. The maximum Gasteiger partial charge on any atom is 0.309 e. The Morgan fingerprint density at radius 2 is 2.00 bits per heavy atom. The molecule has 0 saturated carbocycles. The van der Waals surface area contributed by atoms with E-state index in [2.05, 4.69) is 5.32 Å². The molecule has 0 aliphatic carbocycles. The fraction of sp³-hybridized carbons (Fsp3) is 0.278. The third-order valence-electron chi connectivity index (χ3n) is 3.53. The highest BCUT2D eigenvalue weighted by atomic mass is 16.5. The Bertz CT molecular complexity index is 784. The molecule has 1 amide bonds. The fourth-order valence-corrected chi connectivity index (χ4v) is 2.00. The number of benzene rings is 1. The summed E-state index contributed by atoms with van der Waals surface area (Å²) in [7, 11) is 0. The Morgan fingerprint density at radius 1 is 1.28 bits per heavy atom. The van der Waals surface area contributed by atoms with Crippen LogP contribution >= 0.6 is 0 Å². The van der Waals surface area contributed by atoms with Crippen LogP contribution in [0.3, 0.4) is 0 Å². The molecule has 0 unspecified atom stereocenters. The summed E-state index contributed by atoms with van der Waals surface area (Å²) in [6, 6.07) is 10.2. The molecule has 132 valence electrons. The van der Waals surface area contributed by atoms with Crippen molar-refractivity contribution in [2.75, 3.05) is 6.54 Å². The van der Waals surface area contributed by atoms with Gasteiger partial charge in [0.05, 0.1) is 5.92 Å². The number of hydrogen-bond donors (Lipinski definition) is 2. The van der Waals surface area contributed by atoms with Crippen LogP contribution in [0, 0.1) is 5.92 Å². The number of carbonyl (C=O) groups is 2. The monoisotopic (exact) mass is 345 g/mol. The smallest absolute Gasteiger partial charge is 0.309 e.